The molecule has 0 radical (unpaired) electrons. The molecule has 19 heavy (non-hydrogen) atoms. The molecule has 1 fully saturated rings. The summed E-state index contributed by atoms with van der Waals surface area (Å²) in [5, 5.41) is 0. The van der Waals surface area contributed by atoms with Gasteiger partial charge in [-0.1, -0.05) is 25.8 Å². The van der Waals surface area contributed by atoms with Crippen molar-refractivity contribution in [3.8, 4) is 0 Å². The van der Waals surface area contributed by atoms with Gasteiger partial charge in [-0.05, 0) is 37.8 Å². The van der Waals surface area contributed by atoms with Gasteiger partial charge >= 0.3 is 0 Å². The van der Waals surface area contributed by atoms with Crippen molar-refractivity contribution in [3.63, 3.8) is 0 Å². The summed E-state index contributed by atoms with van der Waals surface area (Å²) in [5.41, 5.74) is 7.58. The predicted octanol–water partition coefficient (Wildman–Crippen LogP) is 3.86. The summed E-state index contributed by atoms with van der Waals surface area (Å²) >= 11 is 0. The fourth-order valence-corrected chi connectivity index (χ4v) is 3.12. The zero-order valence-corrected chi connectivity index (χ0v) is 12.0. The first-order chi connectivity index (χ1) is 9.13. The van der Waals surface area contributed by atoms with Gasteiger partial charge in [0.15, 0.2) is 0 Å². The second-order valence-electron chi connectivity index (χ2n) is 5.68. The Morgan fingerprint density at radius 3 is 2.63 bits per heavy atom. The normalized spacial score (nSPS) is 18.6. The summed E-state index contributed by atoms with van der Waals surface area (Å²) in [7, 11) is 0. The lowest BCUT2D eigenvalue weighted by Crippen LogP contribution is -2.35. The third kappa shape index (κ3) is 3.27. The van der Waals surface area contributed by atoms with E-state index in [1.165, 1.54) is 31.7 Å². The Morgan fingerprint density at radius 1 is 1.37 bits per heavy atom. The van der Waals surface area contributed by atoms with E-state index in [-0.39, 0.29) is 11.9 Å². The molecule has 1 atom stereocenters. The van der Waals surface area contributed by atoms with Gasteiger partial charge in [0.2, 0.25) is 0 Å². The van der Waals surface area contributed by atoms with E-state index < -0.39 is 0 Å². The van der Waals surface area contributed by atoms with Crippen molar-refractivity contribution in [1.82, 2.24) is 0 Å². The first-order valence-corrected chi connectivity index (χ1v) is 7.42. The van der Waals surface area contributed by atoms with Crippen LogP contribution in [0, 0.1) is 11.7 Å². The number of hydrogen-bond donors (Lipinski definition) is 1. The first kappa shape index (κ1) is 14.3. The van der Waals surface area contributed by atoms with Gasteiger partial charge in [-0.15, -0.1) is 0 Å². The Balaban J connectivity index is 2.13. The van der Waals surface area contributed by atoms with Crippen molar-refractivity contribution in [1.29, 1.82) is 0 Å². The Kier molecular flexibility index (Phi) is 4.81. The highest BCUT2D eigenvalue weighted by Crippen LogP contribution is 2.32. The summed E-state index contributed by atoms with van der Waals surface area (Å²) in [6.45, 7) is 6.14. The van der Waals surface area contributed by atoms with Crippen LogP contribution in [0.3, 0.4) is 0 Å². The number of piperidine rings is 1. The topological polar surface area (TPSA) is 29.3 Å². The van der Waals surface area contributed by atoms with Crippen molar-refractivity contribution >= 4 is 5.69 Å². The van der Waals surface area contributed by atoms with E-state index in [0.717, 1.165) is 24.7 Å². The molecule has 1 aliphatic heterocycles. The highest BCUT2D eigenvalue weighted by atomic mass is 19.1. The molecule has 1 aromatic carbocycles. The summed E-state index contributed by atoms with van der Waals surface area (Å²) in [5.74, 6) is 0.664. The highest BCUT2D eigenvalue weighted by molar-refractivity contribution is 5.55. The smallest absolute Gasteiger partial charge is 0.130 e. The summed E-state index contributed by atoms with van der Waals surface area (Å²) in [6.07, 6.45) is 5.00. The maximum atomic E-state index is 13.9. The zero-order chi connectivity index (χ0) is 13.8. The molecule has 1 aromatic rings. The standard InChI is InChI=1S/C16H25FN2/c1-3-5-13-8-10-19(11-9-13)15-7-4-6-14(17)16(15)12(2)18/h4,6-7,12-13H,3,5,8-11,18H2,1-2H3/t12-/m0/s1. The molecule has 0 bridgehead atoms. The monoisotopic (exact) mass is 264 g/mol. The van der Waals surface area contributed by atoms with Crippen LogP contribution in [0.25, 0.3) is 0 Å². The number of nitrogens with zero attached hydrogens (tertiary/aromatic N) is 1. The van der Waals surface area contributed by atoms with Crippen molar-refractivity contribution in [2.24, 2.45) is 11.7 Å². The van der Waals surface area contributed by atoms with Crippen LogP contribution >= 0.6 is 0 Å². The van der Waals surface area contributed by atoms with E-state index in [1.807, 2.05) is 13.0 Å². The van der Waals surface area contributed by atoms with Crippen molar-refractivity contribution < 1.29 is 4.39 Å². The molecule has 0 saturated carbocycles. The lowest BCUT2D eigenvalue weighted by atomic mass is 9.91. The average molecular weight is 264 g/mol. The Bertz CT molecular complexity index is 409. The van der Waals surface area contributed by atoms with Gasteiger partial charge in [-0.25, -0.2) is 4.39 Å². The molecular formula is C16H25FN2. The van der Waals surface area contributed by atoms with Gasteiger partial charge in [-0.2, -0.15) is 0 Å². The largest absolute Gasteiger partial charge is 0.371 e. The number of hydrogen-bond acceptors (Lipinski definition) is 2. The van der Waals surface area contributed by atoms with E-state index in [9.17, 15) is 4.39 Å². The third-order valence-corrected chi connectivity index (χ3v) is 4.14. The molecule has 3 heteroatoms. The fourth-order valence-electron chi connectivity index (χ4n) is 3.12. The van der Waals surface area contributed by atoms with Crippen LogP contribution in [0.1, 0.15) is 51.1 Å². The van der Waals surface area contributed by atoms with Gasteiger partial charge < -0.3 is 10.6 Å². The van der Waals surface area contributed by atoms with Gasteiger partial charge in [0, 0.05) is 30.4 Å². The second-order valence-corrected chi connectivity index (χ2v) is 5.68. The first-order valence-electron chi connectivity index (χ1n) is 7.42. The van der Waals surface area contributed by atoms with Crippen LogP contribution in [0.15, 0.2) is 18.2 Å². The molecule has 106 valence electrons. The minimum Gasteiger partial charge on any atom is -0.371 e. The van der Waals surface area contributed by atoms with Gasteiger partial charge in [0.25, 0.3) is 0 Å². The van der Waals surface area contributed by atoms with E-state index in [1.54, 1.807) is 6.07 Å². The molecule has 1 saturated heterocycles. The van der Waals surface area contributed by atoms with Crippen LogP contribution in [0.2, 0.25) is 0 Å². The van der Waals surface area contributed by atoms with E-state index >= 15 is 0 Å². The quantitative estimate of drug-likeness (QED) is 0.894. The number of benzene rings is 1. The number of rotatable bonds is 4. The molecule has 0 unspecified atom stereocenters. The predicted molar refractivity (Wildman–Crippen MR) is 78.8 cm³/mol. The lowest BCUT2D eigenvalue weighted by Gasteiger charge is -2.35. The average Bonchev–Trinajstić information content (AvgIpc) is 2.39. The Morgan fingerprint density at radius 2 is 2.05 bits per heavy atom. The molecule has 2 rings (SSSR count). The Hall–Kier alpha value is -1.09. The number of anilines is 1. The maximum Gasteiger partial charge on any atom is 0.130 e. The van der Waals surface area contributed by atoms with Crippen LogP contribution < -0.4 is 10.6 Å². The second kappa shape index (κ2) is 6.38. The zero-order valence-electron chi connectivity index (χ0n) is 12.0. The lowest BCUT2D eigenvalue weighted by molar-refractivity contribution is 0.377. The molecule has 1 heterocycles. The van der Waals surface area contributed by atoms with Gasteiger partial charge in [0.05, 0.1) is 0 Å². The highest BCUT2D eigenvalue weighted by Gasteiger charge is 2.22. The fraction of sp³-hybridized carbons (Fsp3) is 0.625. The van der Waals surface area contributed by atoms with Crippen molar-refractivity contribution in [2.75, 3.05) is 18.0 Å². The molecule has 2 nitrogen and oxygen atoms in total. The van der Waals surface area contributed by atoms with Gasteiger partial charge in [-0.3, -0.25) is 0 Å². The summed E-state index contributed by atoms with van der Waals surface area (Å²) < 4.78 is 13.9. The molecule has 1 aliphatic rings. The minimum absolute atomic E-state index is 0.178. The molecule has 0 aromatic heterocycles. The van der Waals surface area contributed by atoms with Crippen LogP contribution in [0.5, 0.6) is 0 Å². The molecular weight excluding hydrogens is 239 g/mol. The maximum absolute atomic E-state index is 13.9. The number of halogens is 1. The van der Waals surface area contributed by atoms with Crippen LogP contribution in [0.4, 0.5) is 10.1 Å². The van der Waals surface area contributed by atoms with E-state index in [4.69, 9.17) is 5.73 Å². The van der Waals surface area contributed by atoms with Crippen molar-refractivity contribution in [2.45, 2.75) is 45.6 Å². The summed E-state index contributed by atoms with van der Waals surface area (Å²) in [6, 6.07) is 5.03. The van der Waals surface area contributed by atoms with E-state index in [0.29, 0.717) is 5.56 Å². The van der Waals surface area contributed by atoms with E-state index in [2.05, 4.69) is 11.8 Å². The van der Waals surface area contributed by atoms with Crippen LogP contribution in [-0.2, 0) is 0 Å². The Labute approximate surface area is 115 Å². The third-order valence-electron chi connectivity index (χ3n) is 4.14. The molecule has 0 amide bonds. The molecule has 2 N–H and O–H groups in total. The summed E-state index contributed by atoms with van der Waals surface area (Å²) in [4.78, 5) is 2.30. The SMILES string of the molecule is CCCC1CCN(c2cccc(F)c2[C@H](C)N)CC1. The molecule has 0 aliphatic carbocycles. The van der Waals surface area contributed by atoms with Crippen LogP contribution in [-0.4, -0.2) is 13.1 Å². The van der Waals surface area contributed by atoms with Crippen molar-refractivity contribution in [3.05, 3.63) is 29.6 Å². The molecule has 0 spiro atoms. The van der Waals surface area contributed by atoms with Gasteiger partial charge in [0.1, 0.15) is 5.82 Å². The number of nitrogens with two attached hydrogens (primary N) is 1. The minimum atomic E-state index is -0.260.